The van der Waals surface area contributed by atoms with E-state index >= 15 is 0 Å². The smallest absolute Gasteiger partial charge is 0.231 e. The molecule has 0 spiro atoms. The molecule has 3 rings (SSSR count). The van der Waals surface area contributed by atoms with Crippen molar-refractivity contribution in [2.24, 2.45) is 0 Å². The summed E-state index contributed by atoms with van der Waals surface area (Å²) in [6.07, 6.45) is 0.0963. The van der Waals surface area contributed by atoms with Gasteiger partial charge in [0.05, 0.1) is 0 Å². The van der Waals surface area contributed by atoms with Crippen molar-refractivity contribution in [1.29, 1.82) is 0 Å². The summed E-state index contributed by atoms with van der Waals surface area (Å²) >= 11 is 0. The number of hydrogen-bond acceptors (Lipinski definition) is 4. The van der Waals surface area contributed by atoms with Crippen LogP contribution in [-0.4, -0.2) is 25.2 Å². The predicted molar refractivity (Wildman–Crippen MR) is 92.1 cm³/mol. The van der Waals surface area contributed by atoms with Gasteiger partial charge in [0, 0.05) is 13.1 Å². The van der Waals surface area contributed by atoms with Crippen molar-refractivity contribution in [3.8, 4) is 11.5 Å². The predicted octanol–water partition coefficient (Wildman–Crippen LogP) is 1.92. The number of halogens is 1. The molecule has 0 radical (unpaired) electrons. The third kappa shape index (κ3) is 4.72. The van der Waals surface area contributed by atoms with E-state index in [1.54, 1.807) is 30.3 Å². The Morgan fingerprint density at radius 3 is 2.62 bits per heavy atom. The summed E-state index contributed by atoms with van der Waals surface area (Å²) in [4.78, 5) is 23.7. The molecular formula is C19H19FN2O4. The molecule has 26 heavy (non-hydrogen) atoms. The van der Waals surface area contributed by atoms with Gasteiger partial charge in [0.1, 0.15) is 12.2 Å². The standard InChI is InChI=1S/C19H19FN2O4/c20-15-4-2-1-3-14(15)7-8-21-18(23)10-19(24)22-11-13-5-6-16-17(9-13)26-12-25-16/h1-6,9H,7-8,10-12H2,(H,21,23)(H,22,24). The molecular weight excluding hydrogens is 339 g/mol. The van der Waals surface area contributed by atoms with Crippen LogP contribution in [0.5, 0.6) is 11.5 Å². The minimum absolute atomic E-state index is 0.193. The minimum Gasteiger partial charge on any atom is -0.454 e. The maximum atomic E-state index is 13.5. The zero-order chi connectivity index (χ0) is 18.4. The highest BCUT2D eigenvalue weighted by Crippen LogP contribution is 2.32. The summed E-state index contributed by atoms with van der Waals surface area (Å²) in [5, 5.41) is 5.30. The van der Waals surface area contributed by atoms with Crippen LogP contribution in [0.1, 0.15) is 17.5 Å². The van der Waals surface area contributed by atoms with E-state index in [1.165, 1.54) is 6.07 Å². The fraction of sp³-hybridized carbons (Fsp3) is 0.263. The molecule has 0 saturated carbocycles. The van der Waals surface area contributed by atoms with Crippen molar-refractivity contribution in [1.82, 2.24) is 10.6 Å². The van der Waals surface area contributed by atoms with Crippen LogP contribution in [-0.2, 0) is 22.6 Å². The number of benzene rings is 2. The second kappa shape index (κ2) is 8.33. The number of nitrogens with one attached hydrogen (secondary N) is 2. The van der Waals surface area contributed by atoms with Gasteiger partial charge in [-0.1, -0.05) is 24.3 Å². The van der Waals surface area contributed by atoms with Gasteiger partial charge in [-0.25, -0.2) is 4.39 Å². The largest absolute Gasteiger partial charge is 0.454 e. The maximum absolute atomic E-state index is 13.5. The molecule has 1 aliphatic rings. The Hall–Kier alpha value is -3.09. The topological polar surface area (TPSA) is 76.7 Å². The average Bonchev–Trinajstić information content (AvgIpc) is 3.09. The van der Waals surface area contributed by atoms with Gasteiger partial charge in [0.2, 0.25) is 18.6 Å². The number of fused-ring (bicyclic) bond motifs is 1. The third-order valence-corrected chi connectivity index (χ3v) is 3.92. The summed E-state index contributed by atoms with van der Waals surface area (Å²) in [7, 11) is 0. The van der Waals surface area contributed by atoms with E-state index in [9.17, 15) is 14.0 Å². The Labute approximate surface area is 150 Å². The minimum atomic E-state index is -0.399. The summed E-state index contributed by atoms with van der Waals surface area (Å²) in [6.45, 7) is 0.755. The molecule has 7 heteroatoms. The van der Waals surface area contributed by atoms with Gasteiger partial charge in [-0.2, -0.15) is 0 Å². The lowest BCUT2D eigenvalue weighted by molar-refractivity contribution is -0.129. The van der Waals surface area contributed by atoms with E-state index in [0.29, 0.717) is 23.5 Å². The number of hydrogen-bond donors (Lipinski definition) is 2. The highest BCUT2D eigenvalue weighted by atomic mass is 19.1. The molecule has 6 nitrogen and oxygen atoms in total. The second-order valence-corrected chi connectivity index (χ2v) is 5.83. The van der Waals surface area contributed by atoms with Crippen molar-refractivity contribution >= 4 is 11.8 Å². The molecule has 2 amide bonds. The fourth-order valence-electron chi connectivity index (χ4n) is 2.56. The molecule has 1 aliphatic heterocycles. The van der Waals surface area contributed by atoms with Crippen LogP contribution in [0.25, 0.3) is 0 Å². The monoisotopic (exact) mass is 358 g/mol. The highest BCUT2D eigenvalue weighted by Gasteiger charge is 2.14. The van der Waals surface area contributed by atoms with Crippen LogP contribution in [0, 0.1) is 5.82 Å². The van der Waals surface area contributed by atoms with Gasteiger partial charge in [0.15, 0.2) is 11.5 Å². The number of ether oxygens (including phenoxy) is 2. The summed E-state index contributed by atoms with van der Waals surface area (Å²) in [5.41, 5.74) is 1.38. The molecule has 0 bridgehead atoms. The van der Waals surface area contributed by atoms with Crippen molar-refractivity contribution < 1.29 is 23.5 Å². The normalized spacial score (nSPS) is 11.9. The van der Waals surface area contributed by atoms with E-state index in [1.807, 2.05) is 6.07 Å². The number of carbonyl (C=O) groups is 2. The summed E-state index contributed by atoms with van der Waals surface area (Å²) < 4.78 is 24.0. The van der Waals surface area contributed by atoms with Crippen molar-refractivity contribution in [3.63, 3.8) is 0 Å². The van der Waals surface area contributed by atoms with Gasteiger partial charge < -0.3 is 20.1 Å². The molecule has 0 aliphatic carbocycles. The van der Waals surface area contributed by atoms with Crippen LogP contribution >= 0.6 is 0 Å². The van der Waals surface area contributed by atoms with E-state index < -0.39 is 5.91 Å². The van der Waals surface area contributed by atoms with E-state index in [2.05, 4.69) is 10.6 Å². The second-order valence-electron chi connectivity index (χ2n) is 5.83. The van der Waals surface area contributed by atoms with E-state index in [0.717, 1.165) is 5.56 Å². The van der Waals surface area contributed by atoms with Crippen LogP contribution in [0.3, 0.4) is 0 Å². The average molecular weight is 358 g/mol. The lowest BCUT2D eigenvalue weighted by Gasteiger charge is -2.08. The van der Waals surface area contributed by atoms with Gasteiger partial charge in [-0.15, -0.1) is 0 Å². The molecule has 2 N–H and O–H groups in total. The molecule has 136 valence electrons. The Morgan fingerprint density at radius 2 is 1.77 bits per heavy atom. The summed E-state index contributed by atoms with van der Waals surface area (Å²) in [6, 6.07) is 11.8. The number of carbonyl (C=O) groups excluding carboxylic acids is 2. The van der Waals surface area contributed by atoms with Gasteiger partial charge >= 0.3 is 0 Å². The first kappa shape index (κ1) is 17.7. The molecule has 0 unspecified atom stereocenters. The number of amides is 2. The molecule has 0 atom stereocenters. The fourth-order valence-corrected chi connectivity index (χ4v) is 2.56. The molecule has 2 aromatic rings. The van der Waals surface area contributed by atoms with Crippen LogP contribution < -0.4 is 20.1 Å². The van der Waals surface area contributed by atoms with Crippen molar-refractivity contribution in [2.75, 3.05) is 13.3 Å². The van der Waals surface area contributed by atoms with Gasteiger partial charge in [-0.3, -0.25) is 9.59 Å². The molecule has 1 heterocycles. The van der Waals surface area contributed by atoms with E-state index in [4.69, 9.17) is 9.47 Å². The first-order chi connectivity index (χ1) is 12.6. The van der Waals surface area contributed by atoms with Crippen LogP contribution in [0.2, 0.25) is 0 Å². The Kier molecular flexibility index (Phi) is 5.68. The quantitative estimate of drug-likeness (QED) is 0.742. The van der Waals surface area contributed by atoms with Crippen molar-refractivity contribution in [3.05, 3.63) is 59.4 Å². The number of rotatable bonds is 7. The Morgan fingerprint density at radius 1 is 1.00 bits per heavy atom. The Balaban J connectivity index is 1.37. The first-order valence-electron chi connectivity index (χ1n) is 8.27. The maximum Gasteiger partial charge on any atom is 0.231 e. The zero-order valence-corrected chi connectivity index (χ0v) is 14.1. The summed E-state index contributed by atoms with van der Waals surface area (Å²) in [5.74, 6) is 0.232. The first-order valence-corrected chi connectivity index (χ1v) is 8.27. The van der Waals surface area contributed by atoms with Crippen LogP contribution in [0.4, 0.5) is 4.39 Å². The Bertz CT molecular complexity index is 810. The molecule has 0 aromatic heterocycles. The van der Waals surface area contributed by atoms with E-state index in [-0.39, 0.29) is 38.0 Å². The van der Waals surface area contributed by atoms with Crippen LogP contribution in [0.15, 0.2) is 42.5 Å². The van der Waals surface area contributed by atoms with Gasteiger partial charge in [-0.05, 0) is 35.7 Å². The molecule has 0 fully saturated rings. The SMILES string of the molecule is O=C(CC(=O)NCc1ccc2c(c1)OCO2)NCCc1ccccc1F. The zero-order valence-electron chi connectivity index (χ0n) is 14.1. The highest BCUT2D eigenvalue weighted by molar-refractivity contribution is 5.96. The lowest BCUT2D eigenvalue weighted by atomic mass is 10.1. The molecule has 2 aromatic carbocycles. The lowest BCUT2D eigenvalue weighted by Crippen LogP contribution is -2.32. The third-order valence-electron chi connectivity index (χ3n) is 3.92. The van der Waals surface area contributed by atoms with Gasteiger partial charge in [0.25, 0.3) is 0 Å². The van der Waals surface area contributed by atoms with Crippen molar-refractivity contribution in [2.45, 2.75) is 19.4 Å². The molecule has 0 saturated heterocycles.